The minimum absolute atomic E-state index is 1.00. The predicted molar refractivity (Wildman–Crippen MR) is 59.7 cm³/mol. The van der Waals surface area contributed by atoms with Crippen molar-refractivity contribution in [2.45, 2.75) is 20.8 Å². The number of rotatable bonds is 2. The fourth-order valence-corrected chi connectivity index (χ4v) is 1.24. The van der Waals surface area contributed by atoms with Crippen molar-refractivity contribution in [1.82, 2.24) is 0 Å². The van der Waals surface area contributed by atoms with Crippen molar-refractivity contribution in [3.63, 3.8) is 0 Å². The third-order valence-electron chi connectivity index (χ3n) is 1.88. The summed E-state index contributed by atoms with van der Waals surface area (Å²) in [6.45, 7) is 9.93. The monoisotopic (exact) mass is 173 g/mol. The summed E-state index contributed by atoms with van der Waals surface area (Å²) in [4.78, 5) is 4.28. The van der Waals surface area contributed by atoms with Gasteiger partial charge >= 0.3 is 0 Å². The molecule has 0 N–H and O–H groups in total. The summed E-state index contributed by atoms with van der Waals surface area (Å²) in [5, 5.41) is 0. The van der Waals surface area contributed by atoms with Gasteiger partial charge in [-0.2, -0.15) is 0 Å². The number of nitrogens with zero attached hydrogens (tertiary/aromatic N) is 1. The van der Waals surface area contributed by atoms with E-state index in [1.54, 1.807) is 6.21 Å². The standard InChI is InChI=1S/C12H15N/c1-5-13-12-7-6-10(4)8-11(12)9(2)3/h5-8H,2H2,1,3-4H3/b13-5-. The Kier molecular flexibility index (Phi) is 3.02. The quantitative estimate of drug-likeness (QED) is 0.604. The highest BCUT2D eigenvalue weighted by Crippen LogP contribution is 2.25. The van der Waals surface area contributed by atoms with E-state index in [0.717, 1.165) is 16.8 Å². The van der Waals surface area contributed by atoms with Gasteiger partial charge in [-0.3, -0.25) is 4.99 Å². The van der Waals surface area contributed by atoms with Crippen molar-refractivity contribution in [3.8, 4) is 0 Å². The van der Waals surface area contributed by atoms with Crippen molar-refractivity contribution >= 4 is 17.5 Å². The van der Waals surface area contributed by atoms with Gasteiger partial charge in [0.25, 0.3) is 0 Å². The summed E-state index contributed by atoms with van der Waals surface area (Å²) in [5.41, 5.74) is 4.44. The van der Waals surface area contributed by atoms with E-state index >= 15 is 0 Å². The van der Waals surface area contributed by atoms with Gasteiger partial charge in [-0.25, -0.2) is 0 Å². The molecule has 0 aliphatic heterocycles. The molecule has 1 heteroatoms. The topological polar surface area (TPSA) is 12.4 Å². The van der Waals surface area contributed by atoms with Crippen molar-refractivity contribution in [2.75, 3.05) is 0 Å². The van der Waals surface area contributed by atoms with Crippen LogP contribution in [0.2, 0.25) is 0 Å². The molecule has 0 fully saturated rings. The van der Waals surface area contributed by atoms with Gasteiger partial charge in [0.2, 0.25) is 0 Å². The first-order valence-corrected chi connectivity index (χ1v) is 4.40. The predicted octanol–water partition coefficient (Wildman–Crippen LogP) is 3.75. The van der Waals surface area contributed by atoms with Crippen LogP contribution >= 0.6 is 0 Å². The Morgan fingerprint density at radius 1 is 1.46 bits per heavy atom. The molecule has 0 saturated heterocycles. The highest BCUT2D eigenvalue weighted by atomic mass is 14.7. The summed E-state index contributed by atoms with van der Waals surface area (Å²) >= 11 is 0. The summed E-state index contributed by atoms with van der Waals surface area (Å²) in [5.74, 6) is 0. The van der Waals surface area contributed by atoms with Crippen LogP contribution in [0.5, 0.6) is 0 Å². The van der Waals surface area contributed by atoms with Crippen molar-refractivity contribution in [2.24, 2.45) is 4.99 Å². The maximum Gasteiger partial charge on any atom is 0.0700 e. The maximum absolute atomic E-state index is 4.28. The van der Waals surface area contributed by atoms with E-state index in [9.17, 15) is 0 Å². The Hall–Kier alpha value is -1.37. The van der Waals surface area contributed by atoms with E-state index in [4.69, 9.17) is 0 Å². The summed E-state index contributed by atoms with van der Waals surface area (Å²) in [7, 11) is 0. The Balaban J connectivity index is 3.26. The second-order valence-electron chi connectivity index (χ2n) is 3.19. The van der Waals surface area contributed by atoms with Gasteiger partial charge < -0.3 is 0 Å². The summed E-state index contributed by atoms with van der Waals surface area (Å²) < 4.78 is 0. The molecule has 0 unspecified atom stereocenters. The lowest BCUT2D eigenvalue weighted by Crippen LogP contribution is -1.82. The van der Waals surface area contributed by atoms with Gasteiger partial charge in [-0.1, -0.05) is 18.2 Å². The molecule has 0 atom stereocenters. The lowest BCUT2D eigenvalue weighted by atomic mass is 10.0. The first-order chi connectivity index (χ1) is 6.15. The molecule has 1 nitrogen and oxygen atoms in total. The Labute approximate surface area is 79.8 Å². The van der Waals surface area contributed by atoms with Crippen molar-refractivity contribution in [3.05, 3.63) is 35.9 Å². The van der Waals surface area contributed by atoms with Gasteiger partial charge in [0.1, 0.15) is 0 Å². The fraction of sp³-hybridized carbons (Fsp3) is 0.250. The number of hydrogen-bond donors (Lipinski definition) is 0. The van der Waals surface area contributed by atoms with Crippen LogP contribution in [0.15, 0.2) is 29.8 Å². The average Bonchev–Trinajstić information content (AvgIpc) is 2.08. The largest absolute Gasteiger partial charge is 0.261 e. The lowest BCUT2D eigenvalue weighted by Gasteiger charge is -2.05. The van der Waals surface area contributed by atoms with E-state index in [2.05, 4.69) is 30.6 Å². The van der Waals surface area contributed by atoms with Crippen molar-refractivity contribution in [1.29, 1.82) is 0 Å². The van der Waals surface area contributed by atoms with Crippen LogP contribution in [0.3, 0.4) is 0 Å². The zero-order chi connectivity index (χ0) is 9.84. The zero-order valence-corrected chi connectivity index (χ0v) is 8.46. The Bertz CT molecular complexity index is 348. The van der Waals surface area contributed by atoms with Gasteiger partial charge in [-0.15, -0.1) is 0 Å². The smallest absolute Gasteiger partial charge is 0.0700 e. The summed E-state index contributed by atoms with van der Waals surface area (Å²) in [6.07, 6.45) is 1.80. The molecule has 68 valence electrons. The minimum Gasteiger partial charge on any atom is -0.261 e. The molecule has 0 bridgehead atoms. The van der Waals surface area contributed by atoms with Crippen LogP contribution in [-0.2, 0) is 0 Å². The zero-order valence-electron chi connectivity index (χ0n) is 8.46. The molecule has 13 heavy (non-hydrogen) atoms. The molecular weight excluding hydrogens is 158 g/mol. The first-order valence-electron chi connectivity index (χ1n) is 4.40. The van der Waals surface area contributed by atoms with Gasteiger partial charge in [0, 0.05) is 11.8 Å². The third-order valence-corrected chi connectivity index (χ3v) is 1.88. The van der Waals surface area contributed by atoms with Gasteiger partial charge in [0.15, 0.2) is 0 Å². The number of hydrogen-bond acceptors (Lipinski definition) is 1. The molecule has 1 aromatic rings. The van der Waals surface area contributed by atoms with Crippen molar-refractivity contribution < 1.29 is 0 Å². The van der Waals surface area contributed by atoms with E-state index in [1.807, 2.05) is 19.9 Å². The van der Waals surface area contributed by atoms with Gasteiger partial charge in [-0.05, 0) is 38.5 Å². The molecule has 0 aliphatic carbocycles. The number of benzene rings is 1. The number of aliphatic imine (C=N–C) groups is 1. The number of aryl methyl sites for hydroxylation is 1. The number of allylic oxidation sites excluding steroid dienone is 1. The molecule has 0 saturated carbocycles. The van der Waals surface area contributed by atoms with Crippen LogP contribution < -0.4 is 0 Å². The second kappa shape index (κ2) is 4.04. The van der Waals surface area contributed by atoms with Gasteiger partial charge in [0.05, 0.1) is 5.69 Å². The molecule has 0 heterocycles. The highest BCUT2D eigenvalue weighted by Gasteiger charge is 2.00. The molecule has 1 aromatic carbocycles. The SMILES string of the molecule is C=C(C)c1cc(C)ccc1/N=C\C. The van der Waals surface area contributed by atoms with E-state index in [1.165, 1.54) is 5.56 Å². The molecule has 0 aliphatic rings. The van der Waals surface area contributed by atoms with Crippen LogP contribution in [0.1, 0.15) is 25.0 Å². The normalized spacial score (nSPS) is 10.7. The lowest BCUT2D eigenvalue weighted by molar-refractivity contribution is 1.40. The second-order valence-corrected chi connectivity index (χ2v) is 3.19. The van der Waals surface area contributed by atoms with Crippen LogP contribution in [0.4, 0.5) is 5.69 Å². The average molecular weight is 173 g/mol. The maximum atomic E-state index is 4.28. The Morgan fingerprint density at radius 2 is 2.15 bits per heavy atom. The van der Waals surface area contributed by atoms with Crippen LogP contribution in [0, 0.1) is 6.92 Å². The van der Waals surface area contributed by atoms with E-state index in [0.29, 0.717) is 0 Å². The van der Waals surface area contributed by atoms with Crippen LogP contribution in [0.25, 0.3) is 5.57 Å². The van der Waals surface area contributed by atoms with E-state index in [-0.39, 0.29) is 0 Å². The first kappa shape index (κ1) is 9.72. The molecule has 0 aromatic heterocycles. The van der Waals surface area contributed by atoms with Crippen LogP contribution in [-0.4, -0.2) is 6.21 Å². The highest BCUT2D eigenvalue weighted by molar-refractivity contribution is 5.75. The minimum atomic E-state index is 1.00. The Morgan fingerprint density at radius 3 is 2.69 bits per heavy atom. The molecular formula is C12H15N. The van der Waals surface area contributed by atoms with E-state index < -0.39 is 0 Å². The summed E-state index contributed by atoms with van der Waals surface area (Å²) in [6, 6.07) is 6.21. The molecule has 0 amide bonds. The third kappa shape index (κ3) is 2.28. The molecule has 0 spiro atoms. The molecule has 0 radical (unpaired) electrons. The fourth-order valence-electron chi connectivity index (χ4n) is 1.24. The molecule has 1 rings (SSSR count).